The summed E-state index contributed by atoms with van der Waals surface area (Å²) < 4.78 is 0.759. The fourth-order valence-electron chi connectivity index (χ4n) is 1.44. The van der Waals surface area contributed by atoms with E-state index in [1.165, 1.54) is 18.3 Å². The lowest BCUT2D eigenvalue weighted by molar-refractivity contribution is 0.0690. The number of nitrogens with zero attached hydrogens (tertiary/aromatic N) is 1. The van der Waals surface area contributed by atoms with Crippen LogP contribution in [0.4, 0.5) is 16.2 Å². The summed E-state index contributed by atoms with van der Waals surface area (Å²) >= 11 is 3.32. The third kappa shape index (κ3) is 3.55. The number of amides is 2. The SMILES string of the molecule is O=C(Nc1ccc(C(=O)O)nc1)Nc1ccccc1Br. The number of pyridine rings is 1. The third-order valence-electron chi connectivity index (χ3n) is 2.36. The van der Waals surface area contributed by atoms with Gasteiger partial charge in [0, 0.05) is 4.47 Å². The zero-order valence-corrected chi connectivity index (χ0v) is 11.7. The molecule has 2 rings (SSSR count). The smallest absolute Gasteiger partial charge is 0.354 e. The average molecular weight is 336 g/mol. The molecule has 2 aromatic rings. The fraction of sp³-hybridized carbons (Fsp3) is 0. The van der Waals surface area contributed by atoms with Gasteiger partial charge in [0.15, 0.2) is 0 Å². The number of hydrogen-bond donors (Lipinski definition) is 3. The monoisotopic (exact) mass is 335 g/mol. The van der Waals surface area contributed by atoms with Crippen LogP contribution < -0.4 is 10.6 Å². The number of hydrogen-bond acceptors (Lipinski definition) is 3. The van der Waals surface area contributed by atoms with Crippen molar-refractivity contribution in [1.29, 1.82) is 0 Å². The Morgan fingerprint density at radius 1 is 1.10 bits per heavy atom. The van der Waals surface area contributed by atoms with Crippen LogP contribution in [0, 0.1) is 0 Å². The number of nitrogens with one attached hydrogen (secondary N) is 2. The van der Waals surface area contributed by atoms with Crippen molar-refractivity contribution >= 4 is 39.3 Å². The molecule has 6 nitrogen and oxygen atoms in total. The van der Waals surface area contributed by atoms with E-state index in [0.29, 0.717) is 11.4 Å². The minimum atomic E-state index is -1.12. The molecular formula is C13H10BrN3O3. The van der Waals surface area contributed by atoms with Crippen LogP contribution in [0.2, 0.25) is 0 Å². The summed E-state index contributed by atoms with van der Waals surface area (Å²) in [5.74, 6) is -1.12. The van der Waals surface area contributed by atoms with Gasteiger partial charge in [-0.15, -0.1) is 0 Å². The lowest BCUT2D eigenvalue weighted by Crippen LogP contribution is -2.19. The number of aromatic nitrogens is 1. The van der Waals surface area contributed by atoms with Gasteiger partial charge in [0.05, 0.1) is 17.6 Å². The molecule has 1 aromatic carbocycles. The summed E-state index contributed by atoms with van der Waals surface area (Å²) in [5.41, 5.74) is 0.946. The second-order valence-corrected chi connectivity index (χ2v) is 4.65. The molecule has 0 aliphatic carbocycles. The maximum Gasteiger partial charge on any atom is 0.354 e. The fourth-order valence-corrected chi connectivity index (χ4v) is 1.83. The lowest BCUT2D eigenvalue weighted by Gasteiger charge is -2.08. The molecule has 3 N–H and O–H groups in total. The van der Waals surface area contributed by atoms with Gasteiger partial charge in [-0.05, 0) is 40.2 Å². The van der Waals surface area contributed by atoms with E-state index in [2.05, 4.69) is 31.5 Å². The van der Waals surface area contributed by atoms with Crippen molar-refractivity contribution < 1.29 is 14.7 Å². The summed E-state index contributed by atoms with van der Waals surface area (Å²) in [5, 5.41) is 13.9. The molecule has 0 saturated carbocycles. The lowest BCUT2D eigenvalue weighted by atomic mass is 10.3. The van der Waals surface area contributed by atoms with Crippen molar-refractivity contribution in [3.8, 4) is 0 Å². The molecule has 102 valence electrons. The Morgan fingerprint density at radius 2 is 1.85 bits per heavy atom. The van der Waals surface area contributed by atoms with Gasteiger partial charge in [-0.25, -0.2) is 14.6 Å². The average Bonchev–Trinajstić information content (AvgIpc) is 2.42. The van der Waals surface area contributed by atoms with Crippen LogP contribution in [-0.2, 0) is 0 Å². The number of benzene rings is 1. The molecule has 2 amide bonds. The van der Waals surface area contributed by atoms with Crippen molar-refractivity contribution in [2.75, 3.05) is 10.6 Å². The van der Waals surface area contributed by atoms with Crippen LogP contribution in [-0.4, -0.2) is 22.1 Å². The Kier molecular flexibility index (Phi) is 4.31. The van der Waals surface area contributed by atoms with Crippen LogP contribution in [0.5, 0.6) is 0 Å². The van der Waals surface area contributed by atoms with Crippen LogP contribution in [0.25, 0.3) is 0 Å². The molecule has 0 aliphatic rings. The van der Waals surface area contributed by atoms with E-state index in [0.717, 1.165) is 4.47 Å². The van der Waals surface area contributed by atoms with Crippen molar-refractivity contribution in [1.82, 2.24) is 4.98 Å². The number of halogens is 1. The number of urea groups is 1. The number of anilines is 2. The standard InChI is InChI=1S/C13H10BrN3O3/c14-9-3-1-2-4-10(9)17-13(20)16-8-5-6-11(12(18)19)15-7-8/h1-7H,(H,18,19)(H2,16,17,20). The zero-order valence-electron chi connectivity index (χ0n) is 10.1. The molecule has 7 heteroatoms. The first-order valence-electron chi connectivity index (χ1n) is 5.58. The van der Waals surface area contributed by atoms with Gasteiger partial charge < -0.3 is 15.7 Å². The molecule has 0 spiro atoms. The summed E-state index contributed by atoms with van der Waals surface area (Å²) in [7, 11) is 0. The first kappa shape index (κ1) is 14.0. The van der Waals surface area contributed by atoms with Gasteiger partial charge in [-0.2, -0.15) is 0 Å². The number of carbonyl (C=O) groups is 2. The molecule has 0 bridgehead atoms. The number of aromatic carboxylic acids is 1. The molecular weight excluding hydrogens is 326 g/mol. The Hall–Kier alpha value is -2.41. The number of carboxylic acid groups (broad SMARTS) is 1. The number of carboxylic acids is 1. The van der Waals surface area contributed by atoms with E-state index in [9.17, 15) is 9.59 Å². The summed E-state index contributed by atoms with van der Waals surface area (Å²) in [6, 6.07) is 9.52. The second kappa shape index (κ2) is 6.16. The minimum absolute atomic E-state index is 0.0817. The predicted octanol–water partition coefficient (Wildman–Crippen LogP) is 3.19. The van der Waals surface area contributed by atoms with Gasteiger partial charge in [-0.1, -0.05) is 12.1 Å². The van der Waals surface area contributed by atoms with E-state index >= 15 is 0 Å². The molecule has 0 fully saturated rings. The topological polar surface area (TPSA) is 91.3 Å². The Balaban J connectivity index is 2.01. The Bertz CT molecular complexity index is 644. The van der Waals surface area contributed by atoms with E-state index in [1.807, 2.05) is 6.07 Å². The highest BCUT2D eigenvalue weighted by atomic mass is 79.9. The summed E-state index contributed by atoms with van der Waals surface area (Å²) in [6.45, 7) is 0. The highest BCUT2D eigenvalue weighted by molar-refractivity contribution is 9.10. The van der Waals surface area contributed by atoms with E-state index in [4.69, 9.17) is 5.11 Å². The van der Waals surface area contributed by atoms with Crippen molar-refractivity contribution in [3.63, 3.8) is 0 Å². The molecule has 1 aromatic heterocycles. The molecule has 0 atom stereocenters. The van der Waals surface area contributed by atoms with Gasteiger partial charge in [0.25, 0.3) is 0 Å². The van der Waals surface area contributed by atoms with Crippen molar-refractivity contribution in [3.05, 3.63) is 52.8 Å². The van der Waals surface area contributed by atoms with Crippen LogP contribution >= 0.6 is 15.9 Å². The van der Waals surface area contributed by atoms with E-state index in [1.54, 1.807) is 18.2 Å². The highest BCUT2D eigenvalue weighted by Crippen LogP contribution is 2.21. The largest absolute Gasteiger partial charge is 0.477 e. The molecule has 0 aliphatic heterocycles. The van der Waals surface area contributed by atoms with Crippen LogP contribution in [0.15, 0.2) is 47.1 Å². The van der Waals surface area contributed by atoms with Crippen LogP contribution in [0.3, 0.4) is 0 Å². The first-order chi connectivity index (χ1) is 9.56. The van der Waals surface area contributed by atoms with Crippen molar-refractivity contribution in [2.45, 2.75) is 0 Å². The number of para-hydroxylation sites is 1. The van der Waals surface area contributed by atoms with Gasteiger partial charge in [0.1, 0.15) is 5.69 Å². The second-order valence-electron chi connectivity index (χ2n) is 3.80. The van der Waals surface area contributed by atoms with Gasteiger partial charge in [0.2, 0.25) is 0 Å². The quantitative estimate of drug-likeness (QED) is 0.803. The van der Waals surface area contributed by atoms with Crippen molar-refractivity contribution in [2.24, 2.45) is 0 Å². The number of rotatable bonds is 3. The Morgan fingerprint density at radius 3 is 2.45 bits per heavy atom. The number of carbonyl (C=O) groups excluding carboxylic acids is 1. The van der Waals surface area contributed by atoms with Gasteiger partial charge in [-0.3, -0.25) is 0 Å². The zero-order chi connectivity index (χ0) is 14.5. The summed E-state index contributed by atoms with van der Waals surface area (Å²) in [6.07, 6.45) is 1.28. The van der Waals surface area contributed by atoms with E-state index in [-0.39, 0.29) is 5.69 Å². The van der Waals surface area contributed by atoms with Gasteiger partial charge >= 0.3 is 12.0 Å². The maximum absolute atomic E-state index is 11.8. The summed E-state index contributed by atoms with van der Waals surface area (Å²) in [4.78, 5) is 26.1. The van der Waals surface area contributed by atoms with Crippen LogP contribution in [0.1, 0.15) is 10.5 Å². The normalized spacial score (nSPS) is 9.85. The predicted molar refractivity (Wildman–Crippen MR) is 78.0 cm³/mol. The third-order valence-corrected chi connectivity index (χ3v) is 3.05. The molecule has 1 heterocycles. The molecule has 0 saturated heterocycles. The highest BCUT2D eigenvalue weighted by Gasteiger charge is 2.07. The Labute approximate surface area is 123 Å². The minimum Gasteiger partial charge on any atom is -0.477 e. The molecule has 20 heavy (non-hydrogen) atoms. The van der Waals surface area contributed by atoms with E-state index < -0.39 is 12.0 Å². The maximum atomic E-state index is 11.8. The first-order valence-corrected chi connectivity index (χ1v) is 6.37. The molecule has 0 radical (unpaired) electrons. The molecule has 0 unspecified atom stereocenters.